The van der Waals surface area contributed by atoms with Gasteiger partial charge >= 0.3 is 0 Å². The monoisotopic (exact) mass is 365 g/mol. The topological polar surface area (TPSA) is 118 Å². The number of ketones is 1. The summed E-state index contributed by atoms with van der Waals surface area (Å²) in [5.74, 6) is -2.49. The van der Waals surface area contributed by atoms with E-state index in [1.165, 1.54) is 25.1 Å². The lowest BCUT2D eigenvalue weighted by Crippen LogP contribution is -2.53. The Balaban J connectivity index is 2.86. The smallest absolute Gasteiger partial charge is 0.243 e. The number of hydrogen-bond acceptors (Lipinski definition) is 4. The number of rotatable bonds is 10. The average molecular weight is 365 g/mol. The van der Waals surface area contributed by atoms with Crippen molar-refractivity contribution in [3.63, 3.8) is 0 Å². The van der Waals surface area contributed by atoms with Crippen LogP contribution in [0.2, 0.25) is 0 Å². The number of nitrogens with one attached hydrogen (secondary N) is 2. The molecule has 0 aliphatic heterocycles. The Morgan fingerprint density at radius 3 is 2.31 bits per heavy atom. The summed E-state index contributed by atoms with van der Waals surface area (Å²) >= 11 is 0. The van der Waals surface area contributed by atoms with Gasteiger partial charge in [0, 0.05) is 26.2 Å². The molecule has 1 aromatic rings. The van der Waals surface area contributed by atoms with Gasteiger partial charge in [0.05, 0.1) is 0 Å². The lowest BCUT2D eigenvalue weighted by Gasteiger charge is -2.21. The van der Waals surface area contributed by atoms with E-state index < -0.39 is 35.6 Å². The van der Waals surface area contributed by atoms with Crippen LogP contribution in [-0.4, -0.2) is 35.6 Å². The molecule has 3 amide bonds. The molecule has 142 valence electrons. The zero-order valence-corrected chi connectivity index (χ0v) is 14.9. The SMILES string of the molecule is CCC(=O)CC[C@@H](NC(=O)[C@@H](Cc1ccccc1F)NC(C)=O)C(N)=O. The highest BCUT2D eigenvalue weighted by Gasteiger charge is 2.26. The molecular weight excluding hydrogens is 341 g/mol. The molecule has 0 radical (unpaired) electrons. The maximum atomic E-state index is 13.8. The van der Waals surface area contributed by atoms with Crippen LogP contribution in [0, 0.1) is 5.82 Å². The molecule has 0 aromatic heterocycles. The third-order valence-corrected chi connectivity index (χ3v) is 3.84. The lowest BCUT2D eigenvalue weighted by molar-refractivity contribution is -0.131. The molecule has 7 nitrogen and oxygen atoms in total. The average Bonchev–Trinajstić information content (AvgIpc) is 2.58. The highest BCUT2D eigenvalue weighted by Crippen LogP contribution is 2.10. The van der Waals surface area contributed by atoms with E-state index in [0.29, 0.717) is 6.42 Å². The molecular formula is C18H24FN3O4. The summed E-state index contributed by atoms with van der Waals surface area (Å²) < 4.78 is 13.8. The maximum Gasteiger partial charge on any atom is 0.243 e. The van der Waals surface area contributed by atoms with Gasteiger partial charge in [0.2, 0.25) is 17.7 Å². The summed E-state index contributed by atoms with van der Waals surface area (Å²) in [4.78, 5) is 46.8. The summed E-state index contributed by atoms with van der Waals surface area (Å²) in [7, 11) is 0. The van der Waals surface area contributed by atoms with Crippen LogP contribution in [0.25, 0.3) is 0 Å². The molecule has 0 aliphatic rings. The van der Waals surface area contributed by atoms with Crippen molar-refractivity contribution in [1.82, 2.24) is 10.6 Å². The first-order chi connectivity index (χ1) is 12.2. The van der Waals surface area contributed by atoms with Gasteiger partial charge in [-0.05, 0) is 18.1 Å². The van der Waals surface area contributed by atoms with Crippen molar-refractivity contribution < 1.29 is 23.6 Å². The molecule has 0 aliphatic carbocycles. The highest BCUT2D eigenvalue weighted by molar-refractivity contribution is 5.91. The van der Waals surface area contributed by atoms with E-state index in [1.54, 1.807) is 13.0 Å². The van der Waals surface area contributed by atoms with E-state index in [1.807, 2.05) is 0 Å². The third kappa shape index (κ3) is 7.00. The number of benzene rings is 1. The molecule has 26 heavy (non-hydrogen) atoms. The van der Waals surface area contributed by atoms with Gasteiger partial charge < -0.3 is 16.4 Å². The largest absolute Gasteiger partial charge is 0.368 e. The second kappa shape index (κ2) is 10.3. The quantitative estimate of drug-likeness (QED) is 0.563. The number of nitrogens with two attached hydrogens (primary N) is 1. The standard InChI is InChI=1S/C18H24FN3O4/c1-3-13(24)8-9-15(17(20)25)22-18(26)16(21-11(2)23)10-12-6-4-5-7-14(12)19/h4-7,15-16H,3,8-10H2,1-2H3,(H2,20,25)(H,21,23)(H,22,26)/t15-,16-/m1/s1. The van der Waals surface area contributed by atoms with Gasteiger partial charge in [-0.25, -0.2) is 4.39 Å². The van der Waals surface area contributed by atoms with Crippen molar-refractivity contribution in [3.05, 3.63) is 35.6 Å². The molecule has 0 saturated carbocycles. The van der Waals surface area contributed by atoms with E-state index in [2.05, 4.69) is 10.6 Å². The molecule has 1 aromatic carbocycles. The van der Waals surface area contributed by atoms with E-state index in [0.717, 1.165) is 0 Å². The van der Waals surface area contributed by atoms with E-state index in [-0.39, 0.29) is 30.6 Å². The van der Waals surface area contributed by atoms with Crippen LogP contribution >= 0.6 is 0 Å². The predicted molar refractivity (Wildman–Crippen MR) is 93.4 cm³/mol. The first kappa shape index (κ1) is 21.3. The summed E-state index contributed by atoms with van der Waals surface area (Å²) in [6.45, 7) is 2.93. The Bertz CT molecular complexity index is 678. The molecule has 0 saturated heterocycles. The van der Waals surface area contributed by atoms with E-state index >= 15 is 0 Å². The molecule has 0 heterocycles. The van der Waals surface area contributed by atoms with Gasteiger partial charge in [0.25, 0.3) is 0 Å². The number of primary amides is 1. The van der Waals surface area contributed by atoms with Gasteiger partial charge in [-0.2, -0.15) is 0 Å². The van der Waals surface area contributed by atoms with Gasteiger partial charge in [-0.15, -0.1) is 0 Å². The Hall–Kier alpha value is -2.77. The lowest BCUT2D eigenvalue weighted by atomic mass is 10.0. The molecule has 2 atom stereocenters. The minimum absolute atomic E-state index is 0.0599. The fraction of sp³-hybridized carbons (Fsp3) is 0.444. The van der Waals surface area contributed by atoms with Crippen LogP contribution in [0.5, 0.6) is 0 Å². The minimum Gasteiger partial charge on any atom is -0.368 e. The van der Waals surface area contributed by atoms with E-state index in [4.69, 9.17) is 5.73 Å². The fourth-order valence-corrected chi connectivity index (χ4v) is 2.38. The molecule has 0 spiro atoms. The highest BCUT2D eigenvalue weighted by atomic mass is 19.1. The van der Waals surface area contributed by atoms with Crippen molar-refractivity contribution in [2.24, 2.45) is 5.73 Å². The Morgan fingerprint density at radius 1 is 1.12 bits per heavy atom. The number of halogens is 1. The van der Waals surface area contributed by atoms with Gasteiger partial charge in [0.1, 0.15) is 23.7 Å². The second-order valence-corrected chi connectivity index (χ2v) is 5.94. The molecule has 4 N–H and O–H groups in total. The summed E-state index contributed by atoms with van der Waals surface area (Å²) in [6, 6.07) is 3.76. The predicted octanol–water partition coefficient (Wildman–Crippen LogP) is 0.602. The van der Waals surface area contributed by atoms with Gasteiger partial charge in [-0.3, -0.25) is 19.2 Å². The van der Waals surface area contributed by atoms with Crippen molar-refractivity contribution in [3.8, 4) is 0 Å². The maximum absolute atomic E-state index is 13.8. The zero-order chi connectivity index (χ0) is 19.7. The summed E-state index contributed by atoms with van der Waals surface area (Å²) in [6.07, 6.45) is 0.404. The number of carbonyl (C=O) groups is 4. The number of hydrogen-bond donors (Lipinski definition) is 3. The van der Waals surface area contributed by atoms with Crippen LogP contribution in [-0.2, 0) is 25.6 Å². The molecule has 1 rings (SSSR count). The fourth-order valence-electron chi connectivity index (χ4n) is 2.38. The van der Waals surface area contributed by atoms with Crippen molar-refractivity contribution in [1.29, 1.82) is 0 Å². The molecule has 0 unspecified atom stereocenters. The number of Topliss-reactive ketones (excluding diaryl/α,β-unsaturated/α-hetero) is 1. The first-order valence-corrected chi connectivity index (χ1v) is 8.36. The van der Waals surface area contributed by atoms with Gasteiger partial charge in [-0.1, -0.05) is 25.1 Å². The van der Waals surface area contributed by atoms with Crippen molar-refractivity contribution in [2.45, 2.75) is 51.6 Å². The Kier molecular flexibility index (Phi) is 8.41. The summed E-state index contributed by atoms with van der Waals surface area (Å²) in [5, 5.41) is 4.88. The molecule has 0 bridgehead atoms. The zero-order valence-electron chi connectivity index (χ0n) is 14.9. The van der Waals surface area contributed by atoms with Crippen LogP contribution < -0.4 is 16.4 Å². The number of amides is 3. The Morgan fingerprint density at radius 2 is 1.77 bits per heavy atom. The van der Waals surface area contributed by atoms with E-state index in [9.17, 15) is 23.6 Å². The third-order valence-electron chi connectivity index (χ3n) is 3.84. The first-order valence-electron chi connectivity index (χ1n) is 8.36. The normalized spacial score (nSPS) is 12.7. The second-order valence-electron chi connectivity index (χ2n) is 5.94. The number of carbonyl (C=O) groups excluding carboxylic acids is 4. The molecule has 8 heteroatoms. The van der Waals surface area contributed by atoms with Crippen LogP contribution in [0.15, 0.2) is 24.3 Å². The van der Waals surface area contributed by atoms with Crippen LogP contribution in [0.4, 0.5) is 4.39 Å². The van der Waals surface area contributed by atoms with Crippen LogP contribution in [0.1, 0.15) is 38.7 Å². The summed E-state index contributed by atoms with van der Waals surface area (Å²) in [5.41, 5.74) is 5.53. The minimum atomic E-state index is -1.08. The van der Waals surface area contributed by atoms with Crippen molar-refractivity contribution in [2.75, 3.05) is 0 Å². The van der Waals surface area contributed by atoms with Gasteiger partial charge in [0.15, 0.2) is 0 Å². The van der Waals surface area contributed by atoms with Crippen molar-refractivity contribution >= 4 is 23.5 Å². The molecule has 0 fully saturated rings. The Labute approximate surface area is 151 Å². The van der Waals surface area contributed by atoms with Crippen LogP contribution in [0.3, 0.4) is 0 Å².